The van der Waals surface area contributed by atoms with Gasteiger partial charge in [-0.2, -0.15) is 0 Å². The fourth-order valence-corrected chi connectivity index (χ4v) is 3.71. The van der Waals surface area contributed by atoms with E-state index in [1.165, 1.54) is 0 Å². The summed E-state index contributed by atoms with van der Waals surface area (Å²) in [6, 6.07) is 11.1. The lowest BCUT2D eigenvalue weighted by molar-refractivity contribution is -0.129. The SMILES string of the molecule is Cc1cccn2cc(COc3ccccc3C(=O)NCCC(=O)N3CCCC3)nc12. The average Bonchev–Trinajstić information content (AvgIpc) is 3.43. The van der Waals surface area contributed by atoms with Crippen LogP contribution in [-0.4, -0.2) is 45.7 Å². The van der Waals surface area contributed by atoms with Crippen molar-refractivity contribution in [2.75, 3.05) is 19.6 Å². The van der Waals surface area contributed by atoms with Crippen LogP contribution in [0.25, 0.3) is 5.65 Å². The van der Waals surface area contributed by atoms with E-state index in [0.717, 1.165) is 42.8 Å². The summed E-state index contributed by atoms with van der Waals surface area (Å²) in [6.45, 7) is 4.24. The molecule has 0 aliphatic carbocycles. The van der Waals surface area contributed by atoms with Gasteiger partial charge in [0.1, 0.15) is 18.0 Å². The lowest BCUT2D eigenvalue weighted by Gasteiger charge is -2.15. The Morgan fingerprint density at radius 3 is 2.73 bits per heavy atom. The van der Waals surface area contributed by atoms with Crippen molar-refractivity contribution in [1.29, 1.82) is 0 Å². The van der Waals surface area contributed by atoms with E-state index in [4.69, 9.17) is 4.74 Å². The van der Waals surface area contributed by atoms with Gasteiger partial charge in [-0.05, 0) is 43.5 Å². The molecule has 1 saturated heterocycles. The average molecular weight is 406 g/mol. The number of benzene rings is 1. The summed E-state index contributed by atoms with van der Waals surface area (Å²) >= 11 is 0. The molecule has 2 amide bonds. The third kappa shape index (κ3) is 4.45. The maximum atomic E-state index is 12.6. The van der Waals surface area contributed by atoms with Crippen LogP contribution in [-0.2, 0) is 11.4 Å². The number of imidazole rings is 1. The number of carbonyl (C=O) groups is 2. The highest BCUT2D eigenvalue weighted by Gasteiger charge is 2.18. The van der Waals surface area contributed by atoms with Gasteiger partial charge in [-0.15, -0.1) is 0 Å². The summed E-state index contributed by atoms with van der Waals surface area (Å²) < 4.78 is 7.87. The van der Waals surface area contributed by atoms with Gasteiger partial charge in [0, 0.05) is 38.4 Å². The Hall–Kier alpha value is -3.35. The van der Waals surface area contributed by atoms with Crippen molar-refractivity contribution in [2.45, 2.75) is 32.8 Å². The molecule has 1 aliphatic rings. The number of rotatable bonds is 7. The minimum atomic E-state index is -0.245. The van der Waals surface area contributed by atoms with E-state index in [-0.39, 0.29) is 18.4 Å². The Kier molecular flexibility index (Phi) is 5.97. The summed E-state index contributed by atoms with van der Waals surface area (Å²) in [7, 11) is 0. The van der Waals surface area contributed by atoms with Crippen molar-refractivity contribution in [3.8, 4) is 5.75 Å². The van der Waals surface area contributed by atoms with E-state index in [1.54, 1.807) is 18.2 Å². The molecule has 2 aromatic heterocycles. The number of hydrogen-bond donors (Lipinski definition) is 1. The molecule has 156 valence electrons. The van der Waals surface area contributed by atoms with Crippen LogP contribution >= 0.6 is 0 Å². The van der Waals surface area contributed by atoms with Gasteiger partial charge in [0.15, 0.2) is 0 Å². The van der Waals surface area contributed by atoms with Crippen LogP contribution in [0.2, 0.25) is 0 Å². The van der Waals surface area contributed by atoms with Gasteiger partial charge in [0.05, 0.1) is 11.3 Å². The third-order valence-electron chi connectivity index (χ3n) is 5.32. The number of ether oxygens (including phenoxy) is 1. The van der Waals surface area contributed by atoms with Crippen molar-refractivity contribution in [1.82, 2.24) is 19.6 Å². The standard InChI is InChI=1S/C23H26N4O3/c1-17-7-6-14-27-15-18(25-22(17)27)16-30-20-9-3-2-8-19(20)23(29)24-11-10-21(28)26-12-4-5-13-26/h2-3,6-9,14-15H,4-5,10-13,16H2,1H3,(H,24,29). The van der Waals surface area contributed by atoms with E-state index in [1.807, 2.05) is 46.8 Å². The van der Waals surface area contributed by atoms with E-state index in [2.05, 4.69) is 10.3 Å². The van der Waals surface area contributed by atoms with Gasteiger partial charge < -0.3 is 19.4 Å². The molecule has 7 nitrogen and oxygen atoms in total. The predicted octanol–water partition coefficient (Wildman–Crippen LogP) is 2.96. The van der Waals surface area contributed by atoms with Gasteiger partial charge in [-0.1, -0.05) is 18.2 Å². The number of carbonyl (C=O) groups excluding carboxylic acids is 2. The zero-order valence-electron chi connectivity index (χ0n) is 17.1. The number of aromatic nitrogens is 2. The molecule has 3 heterocycles. The molecule has 0 bridgehead atoms. The summed E-state index contributed by atoms with van der Waals surface area (Å²) in [4.78, 5) is 31.2. The molecule has 0 unspecified atom stereocenters. The Bertz CT molecular complexity index is 1050. The van der Waals surface area contributed by atoms with Crippen LogP contribution in [0.15, 0.2) is 48.8 Å². The lowest BCUT2D eigenvalue weighted by Crippen LogP contribution is -2.32. The quantitative estimate of drug-likeness (QED) is 0.655. The zero-order valence-corrected chi connectivity index (χ0v) is 17.1. The highest BCUT2D eigenvalue weighted by atomic mass is 16.5. The molecule has 1 aliphatic heterocycles. The molecule has 1 aromatic carbocycles. The molecular formula is C23H26N4O3. The number of nitrogens with one attached hydrogen (secondary N) is 1. The Morgan fingerprint density at radius 1 is 1.13 bits per heavy atom. The van der Waals surface area contributed by atoms with Crippen LogP contribution in [0, 0.1) is 6.92 Å². The fraction of sp³-hybridized carbons (Fsp3) is 0.348. The smallest absolute Gasteiger partial charge is 0.255 e. The number of likely N-dealkylation sites (tertiary alicyclic amines) is 1. The minimum Gasteiger partial charge on any atom is -0.486 e. The fourth-order valence-electron chi connectivity index (χ4n) is 3.71. The Balaban J connectivity index is 1.36. The van der Waals surface area contributed by atoms with Crippen LogP contribution in [0.1, 0.15) is 40.9 Å². The molecular weight excluding hydrogens is 380 g/mol. The van der Waals surface area contributed by atoms with Gasteiger partial charge in [-0.3, -0.25) is 9.59 Å². The number of pyridine rings is 1. The van der Waals surface area contributed by atoms with E-state index in [9.17, 15) is 9.59 Å². The van der Waals surface area contributed by atoms with Crippen LogP contribution in [0.3, 0.4) is 0 Å². The first-order valence-corrected chi connectivity index (χ1v) is 10.3. The Morgan fingerprint density at radius 2 is 1.93 bits per heavy atom. The molecule has 4 rings (SSSR count). The maximum absolute atomic E-state index is 12.6. The first kappa shape index (κ1) is 19.9. The highest BCUT2D eigenvalue weighted by Crippen LogP contribution is 2.20. The lowest BCUT2D eigenvalue weighted by atomic mass is 10.2. The van der Waals surface area contributed by atoms with E-state index >= 15 is 0 Å². The summed E-state index contributed by atoms with van der Waals surface area (Å²) in [5.74, 6) is 0.347. The van der Waals surface area contributed by atoms with E-state index in [0.29, 0.717) is 24.3 Å². The highest BCUT2D eigenvalue weighted by molar-refractivity contribution is 5.97. The molecule has 0 spiro atoms. The number of aryl methyl sites for hydroxylation is 1. The van der Waals surface area contributed by atoms with Gasteiger partial charge in [0.2, 0.25) is 5.91 Å². The minimum absolute atomic E-state index is 0.0967. The molecule has 3 aromatic rings. The normalized spacial score (nSPS) is 13.6. The summed E-state index contributed by atoms with van der Waals surface area (Å²) in [5.41, 5.74) is 3.22. The number of para-hydroxylation sites is 1. The maximum Gasteiger partial charge on any atom is 0.255 e. The van der Waals surface area contributed by atoms with Crippen molar-refractivity contribution in [2.24, 2.45) is 0 Å². The number of amides is 2. The van der Waals surface area contributed by atoms with Crippen molar-refractivity contribution >= 4 is 17.5 Å². The molecule has 1 N–H and O–H groups in total. The molecule has 0 atom stereocenters. The van der Waals surface area contributed by atoms with Gasteiger partial charge in [-0.25, -0.2) is 4.98 Å². The number of hydrogen-bond acceptors (Lipinski definition) is 4. The topological polar surface area (TPSA) is 75.9 Å². The summed E-state index contributed by atoms with van der Waals surface area (Å²) in [5, 5.41) is 2.83. The van der Waals surface area contributed by atoms with Crippen LogP contribution in [0.4, 0.5) is 0 Å². The molecule has 0 radical (unpaired) electrons. The van der Waals surface area contributed by atoms with E-state index < -0.39 is 0 Å². The summed E-state index contributed by atoms with van der Waals surface area (Å²) in [6.07, 6.45) is 6.32. The largest absolute Gasteiger partial charge is 0.486 e. The van der Waals surface area contributed by atoms with Crippen molar-refractivity contribution < 1.29 is 14.3 Å². The monoisotopic (exact) mass is 406 g/mol. The molecule has 0 saturated carbocycles. The molecule has 7 heteroatoms. The number of fused-ring (bicyclic) bond motifs is 1. The number of nitrogens with zero attached hydrogens (tertiary/aromatic N) is 3. The second-order valence-electron chi connectivity index (χ2n) is 7.53. The van der Waals surface area contributed by atoms with Crippen LogP contribution < -0.4 is 10.1 Å². The molecule has 30 heavy (non-hydrogen) atoms. The predicted molar refractivity (Wildman–Crippen MR) is 113 cm³/mol. The second kappa shape index (κ2) is 8.98. The third-order valence-corrected chi connectivity index (χ3v) is 5.32. The first-order valence-electron chi connectivity index (χ1n) is 10.3. The Labute approximate surface area is 175 Å². The zero-order chi connectivity index (χ0) is 20.9. The van der Waals surface area contributed by atoms with Crippen molar-refractivity contribution in [3.05, 3.63) is 65.6 Å². The second-order valence-corrected chi connectivity index (χ2v) is 7.53. The van der Waals surface area contributed by atoms with Gasteiger partial charge in [0.25, 0.3) is 5.91 Å². The first-order chi connectivity index (χ1) is 14.6. The molecule has 1 fully saturated rings. The van der Waals surface area contributed by atoms with Gasteiger partial charge >= 0.3 is 0 Å². The van der Waals surface area contributed by atoms with Crippen LogP contribution in [0.5, 0.6) is 5.75 Å². The van der Waals surface area contributed by atoms with Crippen molar-refractivity contribution in [3.63, 3.8) is 0 Å².